The van der Waals surface area contributed by atoms with Crippen LogP contribution in [0.1, 0.15) is 5.56 Å². The van der Waals surface area contributed by atoms with Gasteiger partial charge in [-0.25, -0.2) is 9.37 Å². The highest BCUT2D eigenvalue weighted by molar-refractivity contribution is 7.13. The molecule has 0 unspecified atom stereocenters. The van der Waals surface area contributed by atoms with Gasteiger partial charge in [-0.15, -0.1) is 11.3 Å². The summed E-state index contributed by atoms with van der Waals surface area (Å²) >= 11 is 1.71. The molecular formula is C38H26FN3S. The molecule has 1 aliphatic heterocycles. The molecule has 0 spiro atoms. The minimum absolute atomic E-state index is 0.260. The molecule has 0 aliphatic carbocycles. The van der Waals surface area contributed by atoms with Crippen LogP contribution >= 0.6 is 11.3 Å². The number of fused-ring (bicyclic) bond motifs is 3. The zero-order chi connectivity index (χ0) is 28.9. The first-order valence-electron chi connectivity index (χ1n) is 14.2. The summed E-state index contributed by atoms with van der Waals surface area (Å²) in [7, 11) is 0. The Morgan fingerprint density at radius 1 is 0.605 bits per heavy atom. The Labute approximate surface area is 253 Å². The Morgan fingerprint density at radius 3 is 1.86 bits per heavy atom. The van der Waals surface area contributed by atoms with E-state index in [2.05, 4.69) is 125 Å². The molecule has 5 heteroatoms. The summed E-state index contributed by atoms with van der Waals surface area (Å²) in [5, 5.41) is 3.22. The normalized spacial score (nSPS) is 12.3. The number of aryl methyl sites for hydroxylation is 1. The average molecular weight is 576 g/mol. The molecular weight excluding hydrogens is 550 g/mol. The van der Waals surface area contributed by atoms with Gasteiger partial charge in [0.2, 0.25) is 0 Å². The van der Waals surface area contributed by atoms with Crippen molar-refractivity contribution >= 4 is 56.4 Å². The van der Waals surface area contributed by atoms with Crippen molar-refractivity contribution in [2.24, 2.45) is 0 Å². The van der Waals surface area contributed by atoms with Gasteiger partial charge in [0.25, 0.3) is 0 Å². The molecule has 3 nitrogen and oxygen atoms in total. The molecule has 0 radical (unpaired) electrons. The lowest BCUT2D eigenvalue weighted by Gasteiger charge is -2.40. The Hall–Kier alpha value is -5.26. The fraction of sp³-hybridized carbons (Fsp3) is 0.0263. The number of halogens is 1. The molecule has 0 fully saturated rings. The molecule has 0 saturated carbocycles. The van der Waals surface area contributed by atoms with Gasteiger partial charge in [0.15, 0.2) is 0 Å². The average Bonchev–Trinajstić information content (AvgIpc) is 3.60. The standard InChI is InChI=1S/C38H26FN3S/c1-25-17-22-35(38-37(25)29(36-16-9-23-43-36)24-30(40-38)26-18-20-27(39)21-19-26)42-33-14-7-5-12-31(33)41(28-10-3-2-4-11-28)32-13-6-8-15-34(32)42/h2-24H,1H3. The minimum atomic E-state index is -0.260. The molecule has 0 saturated heterocycles. The highest BCUT2D eigenvalue weighted by Crippen LogP contribution is 2.55. The van der Waals surface area contributed by atoms with Gasteiger partial charge in [0.05, 0.1) is 39.6 Å². The lowest BCUT2D eigenvalue weighted by Crippen LogP contribution is -2.24. The molecule has 0 bridgehead atoms. The van der Waals surface area contributed by atoms with E-state index in [9.17, 15) is 4.39 Å². The number of benzene rings is 5. The maximum Gasteiger partial charge on any atom is 0.123 e. The topological polar surface area (TPSA) is 19.4 Å². The van der Waals surface area contributed by atoms with E-state index in [1.54, 1.807) is 23.5 Å². The Kier molecular flexibility index (Phi) is 6.05. The van der Waals surface area contributed by atoms with Crippen molar-refractivity contribution in [1.29, 1.82) is 0 Å². The quantitative estimate of drug-likeness (QED) is 0.208. The van der Waals surface area contributed by atoms with Gasteiger partial charge < -0.3 is 9.80 Å². The zero-order valence-electron chi connectivity index (χ0n) is 23.4. The number of hydrogen-bond donors (Lipinski definition) is 0. The lowest BCUT2D eigenvalue weighted by molar-refractivity contribution is 0.628. The van der Waals surface area contributed by atoms with Crippen LogP contribution in [0.4, 0.5) is 38.5 Å². The first kappa shape index (κ1) is 25.5. The number of anilines is 6. The van der Waals surface area contributed by atoms with Gasteiger partial charge in [-0.1, -0.05) is 54.6 Å². The number of thiophene rings is 1. The van der Waals surface area contributed by atoms with Crippen LogP contribution in [0.3, 0.4) is 0 Å². The van der Waals surface area contributed by atoms with Crippen molar-refractivity contribution in [2.75, 3.05) is 9.80 Å². The number of aromatic nitrogens is 1. The van der Waals surface area contributed by atoms with E-state index in [-0.39, 0.29) is 5.82 Å². The summed E-state index contributed by atoms with van der Waals surface area (Å²) in [6.45, 7) is 2.15. The SMILES string of the molecule is Cc1ccc(N2c3ccccc3N(c3ccccc3)c3ccccc32)c2nc(-c3ccc(F)cc3)cc(-c3cccs3)c12. The summed E-state index contributed by atoms with van der Waals surface area (Å²) in [4.78, 5) is 11.2. The third kappa shape index (κ3) is 4.20. The van der Waals surface area contributed by atoms with Crippen LogP contribution in [0.5, 0.6) is 0 Å². The van der Waals surface area contributed by atoms with E-state index >= 15 is 0 Å². The van der Waals surface area contributed by atoms with E-state index in [0.29, 0.717) is 0 Å². The fourth-order valence-electron chi connectivity index (χ4n) is 6.13. The van der Waals surface area contributed by atoms with E-state index in [1.807, 2.05) is 6.07 Å². The molecule has 0 amide bonds. The van der Waals surface area contributed by atoms with Crippen LogP contribution in [0.2, 0.25) is 0 Å². The van der Waals surface area contributed by atoms with Gasteiger partial charge in [-0.2, -0.15) is 0 Å². The van der Waals surface area contributed by atoms with Gasteiger partial charge >= 0.3 is 0 Å². The predicted octanol–water partition coefficient (Wildman–Crippen LogP) is 11.3. The van der Waals surface area contributed by atoms with Crippen LogP contribution in [0.25, 0.3) is 32.6 Å². The maximum absolute atomic E-state index is 13.9. The summed E-state index contributed by atoms with van der Waals surface area (Å²) in [5.74, 6) is -0.260. The molecule has 43 heavy (non-hydrogen) atoms. The Balaban J connectivity index is 1.44. The third-order valence-electron chi connectivity index (χ3n) is 8.06. The zero-order valence-corrected chi connectivity index (χ0v) is 24.2. The van der Waals surface area contributed by atoms with Gasteiger partial charge in [-0.3, -0.25) is 0 Å². The van der Waals surface area contributed by atoms with E-state index < -0.39 is 0 Å². The molecule has 0 N–H and O–H groups in total. The second-order valence-corrected chi connectivity index (χ2v) is 11.6. The highest BCUT2D eigenvalue weighted by Gasteiger charge is 2.31. The molecule has 3 heterocycles. The van der Waals surface area contributed by atoms with Crippen LogP contribution < -0.4 is 9.80 Å². The smallest absolute Gasteiger partial charge is 0.123 e. The van der Waals surface area contributed by atoms with E-state index in [1.165, 1.54) is 17.0 Å². The largest absolute Gasteiger partial charge is 0.306 e. The molecule has 2 aromatic heterocycles. The first-order valence-corrected chi connectivity index (χ1v) is 15.1. The van der Waals surface area contributed by atoms with Crippen molar-refractivity contribution in [3.63, 3.8) is 0 Å². The van der Waals surface area contributed by atoms with Crippen molar-refractivity contribution in [1.82, 2.24) is 4.98 Å². The van der Waals surface area contributed by atoms with Crippen LogP contribution in [0.15, 0.2) is 139 Å². The van der Waals surface area contributed by atoms with E-state index in [0.717, 1.165) is 67.4 Å². The highest BCUT2D eigenvalue weighted by atomic mass is 32.1. The molecule has 8 rings (SSSR count). The maximum atomic E-state index is 13.9. The second-order valence-electron chi connectivity index (χ2n) is 10.6. The second kappa shape index (κ2) is 10.2. The van der Waals surface area contributed by atoms with Crippen molar-refractivity contribution in [2.45, 2.75) is 6.92 Å². The molecule has 1 aliphatic rings. The van der Waals surface area contributed by atoms with Crippen LogP contribution in [-0.2, 0) is 0 Å². The van der Waals surface area contributed by atoms with Gasteiger partial charge in [-0.05, 0) is 96.7 Å². The number of hydrogen-bond acceptors (Lipinski definition) is 4. The molecule has 0 atom stereocenters. The number of pyridine rings is 1. The van der Waals surface area contributed by atoms with Crippen LogP contribution in [0, 0.1) is 12.7 Å². The molecule has 7 aromatic rings. The molecule has 206 valence electrons. The summed E-state index contributed by atoms with van der Waals surface area (Å²) < 4.78 is 13.9. The first-order chi connectivity index (χ1) is 21.2. The fourth-order valence-corrected chi connectivity index (χ4v) is 6.88. The Morgan fingerprint density at radius 2 is 1.23 bits per heavy atom. The van der Waals surface area contributed by atoms with Crippen LogP contribution in [-0.4, -0.2) is 4.98 Å². The predicted molar refractivity (Wildman–Crippen MR) is 178 cm³/mol. The third-order valence-corrected chi connectivity index (χ3v) is 8.96. The van der Waals surface area contributed by atoms with E-state index in [4.69, 9.17) is 4.98 Å². The van der Waals surface area contributed by atoms with Crippen molar-refractivity contribution < 1.29 is 4.39 Å². The lowest BCUT2D eigenvalue weighted by atomic mass is 9.97. The number of rotatable bonds is 4. The monoisotopic (exact) mass is 575 g/mol. The number of para-hydroxylation sites is 5. The minimum Gasteiger partial charge on any atom is -0.306 e. The van der Waals surface area contributed by atoms with Crippen molar-refractivity contribution in [3.05, 3.63) is 150 Å². The summed E-state index contributed by atoms with van der Waals surface area (Å²) in [6, 6.07) is 44.9. The number of nitrogens with zero attached hydrogens (tertiary/aromatic N) is 3. The van der Waals surface area contributed by atoms with Gasteiger partial charge in [0, 0.05) is 27.1 Å². The van der Waals surface area contributed by atoms with Crippen molar-refractivity contribution in [3.8, 4) is 21.7 Å². The Bertz CT molecular complexity index is 2060. The van der Waals surface area contributed by atoms with Gasteiger partial charge in [0.1, 0.15) is 5.82 Å². The molecule has 5 aromatic carbocycles. The summed E-state index contributed by atoms with van der Waals surface area (Å²) in [6.07, 6.45) is 0. The summed E-state index contributed by atoms with van der Waals surface area (Å²) in [5.41, 5.74) is 11.3.